The van der Waals surface area contributed by atoms with E-state index < -0.39 is 19.8 Å². The minimum atomic E-state index is -2.57. The van der Waals surface area contributed by atoms with Crippen LogP contribution in [-0.2, 0) is 8.85 Å². The highest BCUT2D eigenvalue weighted by Crippen LogP contribution is 2.55. The van der Waals surface area contributed by atoms with Gasteiger partial charge in [-0.05, 0) is 19.4 Å². The van der Waals surface area contributed by atoms with Crippen LogP contribution in [0.5, 0.6) is 0 Å². The van der Waals surface area contributed by atoms with Crippen LogP contribution in [0.4, 0.5) is 0 Å². The third kappa shape index (κ3) is 4.30. The van der Waals surface area contributed by atoms with Crippen LogP contribution in [-0.4, -0.2) is 27.6 Å². The first-order chi connectivity index (χ1) is 9.80. The van der Waals surface area contributed by atoms with Gasteiger partial charge in [0.25, 0.3) is 0 Å². The van der Waals surface area contributed by atoms with Gasteiger partial charge >= 0.3 is 8.56 Å². The highest BCUT2D eigenvalue weighted by Gasteiger charge is 2.60. The topological polar surface area (TPSA) is 96.5 Å². The molecule has 5 nitrogen and oxygen atoms in total. The molecule has 0 aromatic heterocycles. The molecule has 0 rings (SSSR count). The zero-order valence-corrected chi connectivity index (χ0v) is 17.0. The van der Waals surface area contributed by atoms with E-state index in [2.05, 4.69) is 34.2 Å². The van der Waals surface area contributed by atoms with Gasteiger partial charge in [0, 0.05) is 23.7 Å². The van der Waals surface area contributed by atoms with Crippen molar-refractivity contribution in [3.63, 3.8) is 0 Å². The molecule has 0 bridgehead atoms. The van der Waals surface area contributed by atoms with E-state index in [1.54, 1.807) is 7.11 Å². The molecular weight excluding hydrogens is 294 g/mol. The van der Waals surface area contributed by atoms with Gasteiger partial charge in [-0.3, -0.25) is 0 Å². The molecule has 0 amide bonds. The summed E-state index contributed by atoms with van der Waals surface area (Å²) in [4.78, 5) is 0. The summed E-state index contributed by atoms with van der Waals surface area (Å²) < 4.78 is 12.5. The van der Waals surface area contributed by atoms with Crippen LogP contribution in [0.1, 0.15) is 67.2 Å². The fraction of sp³-hybridized carbons (Fsp3) is 1.00. The van der Waals surface area contributed by atoms with E-state index in [4.69, 9.17) is 26.1 Å². The standard InChI is InChI=1S/C16H39N3O2Si/c1-9-11-13(12-10-2)21-22(8,20-7)15(5,6)14(3,4)16(17,18)19/h13H,9-12,17-19H2,1-8H3. The Labute approximate surface area is 138 Å². The van der Waals surface area contributed by atoms with Gasteiger partial charge in [-0.2, -0.15) is 0 Å². The molecular formula is C16H39N3O2Si. The van der Waals surface area contributed by atoms with Gasteiger partial charge in [0.1, 0.15) is 5.79 Å². The number of nitrogens with two attached hydrogens (primary N) is 3. The number of rotatable bonds is 10. The van der Waals surface area contributed by atoms with Crippen LogP contribution in [0.15, 0.2) is 0 Å². The van der Waals surface area contributed by atoms with Crippen LogP contribution in [0.2, 0.25) is 11.6 Å². The van der Waals surface area contributed by atoms with Gasteiger partial charge in [0.2, 0.25) is 0 Å². The van der Waals surface area contributed by atoms with Gasteiger partial charge in [-0.15, -0.1) is 0 Å². The zero-order valence-electron chi connectivity index (χ0n) is 16.0. The van der Waals surface area contributed by atoms with E-state index in [1.807, 2.05) is 13.8 Å². The highest BCUT2D eigenvalue weighted by atomic mass is 28.4. The van der Waals surface area contributed by atoms with Crippen molar-refractivity contribution in [1.29, 1.82) is 0 Å². The van der Waals surface area contributed by atoms with Crippen LogP contribution < -0.4 is 17.2 Å². The van der Waals surface area contributed by atoms with Crippen LogP contribution in [0, 0.1) is 5.41 Å². The predicted octanol–water partition coefficient (Wildman–Crippen LogP) is 3.03. The Kier molecular flexibility index (Phi) is 7.73. The molecule has 0 radical (unpaired) electrons. The summed E-state index contributed by atoms with van der Waals surface area (Å²) in [5.74, 6) is -1.31. The predicted molar refractivity (Wildman–Crippen MR) is 96.4 cm³/mol. The van der Waals surface area contributed by atoms with Crippen LogP contribution in [0.25, 0.3) is 0 Å². The molecule has 0 aliphatic carbocycles. The Hall–Kier alpha value is 0.0169. The first-order valence-corrected chi connectivity index (χ1v) is 10.7. The molecule has 0 spiro atoms. The Morgan fingerprint density at radius 1 is 0.955 bits per heavy atom. The molecule has 0 saturated heterocycles. The summed E-state index contributed by atoms with van der Waals surface area (Å²) >= 11 is 0. The third-order valence-corrected chi connectivity index (χ3v) is 10.2. The lowest BCUT2D eigenvalue weighted by atomic mass is 9.74. The lowest BCUT2D eigenvalue weighted by Gasteiger charge is -2.55. The van der Waals surface area contributed by atoms with Crippen molar-refractivity contribution in [2.75, 3.05) is 7.11 Å². The van der Waals surface area contributed by atoms with E-state index in [0.717, 1.165) is 25.7 Å². The Morgan fingerprint density at radius 3 is 1.64 bits per heavy atom. The van der Waals surface area contributed by atoms with Crippen molar-refractivity contribution in [2.24, 2.45) is 22.6 Å². The molecule has 0 aromatic rings. The molecule has 0 saturated carbocycles. The average Bonchev–Trinajstić information content (AvgIpc) is 2.37. The monoisotopic (exact) mass is 333 g/mol. The second kappa shape index (κ2) is 7.72. The normalized spacial score (nSPS) is 16.9. The molecule has 1 atom stereocenters. The average molecular weight is 334 g/mol. The van der Waals surface area contributed by atoms with Gasteiger partial charge in [-0.1, -0.05) is 54.4 Å². The fourth-order valence-electron chi connectivity index (χ4n) is 2.78. The first kappa shape index (κ1) is 22.0. The van der Waals surface area contributed by atoms with E-state index in [0.29, 0.717) is 0 Å². The van der Waals surface area contributed by atoms with E-state index in [-0.39, 0.29) is 11.1 Å². The summed E-state index contributed by atoms with van der Waals surface area (Å²) in [7, 11) is -0.847. The summed E-state index contributed by atoms with van der Waals surface area (Å²) in [6, 6.07) is 0. The van der Waals surface area contributed by atoms with Crippen LogP contribution >= 0.6 is 0 Å². The molecule has 6 N–H and O–H groups in total. The van der Waals surface area contributed by atoms with Crippen molar-refractivity contribution in [3.8, 4) is 0 Å². The largest absolute Gasteiger partial charge is 0.397 e. The molecule has 0 heterocycles. The number of hydrogen-bond donors (Lipinski definition) is 3. The summed E-state index contributed by atoms with van der Waals surface area (Å²) in [6.07, 6.45) is 4.48. The fourth-order valence-corrected chi connectivity index (χ4v) is 5.91. The molecule has 0 aliphatic rings. The van der Waals surface area contributed by atoms with Crippen molar-refractivity contribution < 1.29 is 8.85 Å². The van der Waals surface area contributed by atoms with Gasteiger partial charge in [0.05, 0.1) is 0 Å². The maximum absolute atomic E-state index is 6.56. The van der Waals surface area contributed by atoms with E-state index in [9.17, 15) is 0 Å². The lowest BCUT2D eigenvalue weighted by Crippen LogP contribution is -2.73. The van der Waals surface area contributed by atoms with Gasteiger partial charge < -0.3 is 26.1 Å². The number of hydrogen-bond acceptors (Lipinski definition) is 5. The summed E-state index contributed by atoms with van der Waals surface area (Å²) in [6.45, 7) is 14.7. The molecule has 134 valence electrons. The Morgan fingerprint density at radius 2 is 1.36 bits per heavy atom. The maximum Gasteiger partial charge on any atom is 0.341 e. The second-order valence-electron chi connectivity index (χ2n) is 7.65. The molecule has 22 heavy (non-hydrogen) atoms. The molecule has 0 fully saturated rings. The highest BCUT2D eigenvalue weighted by molar-refractivity contribution is 6.69. The Balaban J connectivity index is 5.58. The Bertz CT molecular complexity index is 337. The zero-order chi connectivity index (χ0) is 17.8. The lowest BCUT2D eigenvalue weighted by molar-refractivity contribution is 0.0448. The van der Waals surface area contributed by atoms with Crippen molar-refractivity contribution >= 4 is 8.56 Å². The maximum atomic E-state index is 6.56. The van der Waals surface area contributed by atoms with Gasteiger partial charge in [-0.25, -0.2) is 0 Å². The third-order valence-electron chi connectivity index (χ3n) is 5.78. The smallest absolute Gasteiger partial charge is 0.341 e. The molecule has 0 aromatic carbocycles. The second-order valence-corrected chi connectivity index (χ2v) is 11.4. The quantitative estimate of drug-likeness (QED) is 0.422. The first-order valence-electron chi connectivity index (χ1n) is 8.40. The summed E-state index contributed by atoms with van der Waals surface area (Å²) in [5.41, 5.74) is 17.6. The molecule has 0 aliphatic heterocycles. The van der Waals surface area contributed by atoms with E-state index in [1.165, 1.54) is 0 Å². The van der Waals surface area contributed by atoms with Gasteiger partial charge in [0.15, 0.2) is 0 Å². The summed E-state index contributed by atoms with van der Waals surface area (Å²) in [5, 5.41) is -0.368. The minimum Gasteiger partial charge on any atom is -0.397 e. The molecule has 1 unspecified atom stereocenters. The van der Waals surface area contributed by atoms with Crippen molar-refractivity contribution in [2.45, 2.75) is 90.7 Å². The molecule has 6 heteroatoms. The van der Waals surface area contributed by atoms with Crippen molar-refractivity contribution in [1.82, 2.24) is 0 Å². The SMILES string of the molecule is CCCC(CCC)O[Si](C)(OC)C(C)(C)C(C)(C)C(N)(N)N. The van der Waals surface area contributed by atoms with E-state index >= 15 is 0 Å². The minimum absolute atomic E-state index is 0.212. The van der Waals surface area contributed by atoms with Crippen LogP contribution in [0.3, 0.4) is 0 Å². The van der Waals surface area contributed by atoms with Crippen molar-refractivity contribution in [3.05, 3.63) is 0 Å².